The molecule has 0 fully saturated rings. The maximum absolute atomic E-state index is 12.0. The monoisotopic (exact) mass is 356 g/mol. The Morgan fingerprint density at radius 2 is 2.00 bits per heavy atom. The second-order valence-corrected chi connectivity index (χ2v) is 5.61. The maximum Gasteiger partial charge on any atom is 0.260 e. The highest BCUT2D eigenvalue weighted by Gasteiger charge is 2.13. The zero-order chi connectivity index (χ0) is 15.7. The maximum atomic E-state index is 12.0. The van der Waals surface area contributed by atoms with E-state index in [0.29, 0.717) is 13.1 Å². The zero-order valence-electron chi connectivity index (χ0n) is 13.1. The third-order valence-corrected chi connectivity index (χ3v) is 3.87. The summed E-state index contributed by atoms with van der Waals surface area (Å²) in [6.07, 6.45) is 1.09. The molecule has 4 nitrogen and oxygen atoms in total. The number of para-hydroxylation sites is 1. The number of carbonyl (C=O) groups excluding carboxylic acids is 1. The third-order valence-electron chi connectivity index (χ3n) is 3.25. The number of hydrogen-bond acceptors (Lipinski definition) is 3. The summed E-state index contributed by atoms with van der Waals surface area (Å²) in [5.41, 5.74) is 1.06. The Balaban J connectivity index is 2.70. The first-order valence-corrected chi connectivity index (χ1v) is 8.31. The van der Waals surface area contributed by atoms with Gasteiger partial charge in [-0.2, -0.15) is 0 Å². The van der Waals surface area contributed by atoms with Crippen molar-refractivity contribution < 1.29 is 9.53 Å². The van der Waals surface area contributed by atoms with Crippen LogP contribution in [0.15, 0.2) is 22.7 Å². The molecule has 0 aliphatic rings. The molecule has 0 aromatic heterocycles. The van der Waals surface area contributed by atoms with Gasteiger partial charge in [0.05, 0.1) is 4.47 Å². The smallest absolute Gasteiger partial charge is 0.260 e. The lowest BCUT2D eigenvalue weighted by Gasteiger charge is -2.20. The average molecular weight is 357 g/mol. The van der Waals surface area contributed by atoms with Gasteiger partial charge in [0, 0.05) is 25.2 Å². The van der Waals surface area contributed by atoms with Crippen LogP contribution in [0, 0.1) is 0 Å². The Morgan fingerprint density at radius 3 is 2.62 bits per heavy atom. The van der Waals surface area contributed by atoms with Gasteiger partial charge in [-0.05, 0) is 48.8 Å². The first-order valence-electron chi connectivity index (χ1n) is 7.52. The number of hydrogen-bond donors (Lipinski definition) is 1. The van der Waals surface area contributed by atoms with Crippen LogP contribution in [0.4, 0.5) is 0 Å². The van der Waals surface area contributed by atoms with Crippen LogP contribution in [0.1, 0.15) is 32.8 Å². The number of nitrogens with zero attached hydrogens (tertiary/aromatic N) is 1. The SMILES string of the molecule is CCCNCc1cccc(Br)c1OCC(=O)N(CC)CC. The second-order valence-electron chi connectivity index (χ2n) is 4.76. The molecular weight excluding hydrogens is 332 g/mol. The Hall–Kier alpha value is -1.07. The summed E-state index contributed by atoms with van der Waals surface area (Å²) in [5.74, 6) is 0.768. The number of ether oxygens (including phenoxy) is 1. The Labute approximate surface area is 136 Å². The molecule has 0 radical (unpaired) electrons. The summed E-state index contributed by atoms with van der Waals surface area (Å²) in [6, 6.07) is 5.93. The van der Waals surface area contributed by atoms with E-state index in [2.05, 4.69) is 28.2 Å². The van der Waals surface area contributed by atoms with Gasteiger partial charge in [-0.25, -0.2) is 0 Å². The first-order chi connectivity index (χ1) is 10.1. The van der Waals surface area contributed by atoms with E-state index < -0.39 is 0 Å². The summed E-state index contributed by atoms with van der Waals surface area (Å²) >= 11 is 3.50. The van der Waals surface area contributed by atoms with Gasteiger partial charge in [-0.15, -0.1) is 0 Å². The number of halogens is 1. The minimum Gasteiger partial charge on any atom is -0.482 e. The Morgan fingerprint density at radius 1 is 1.29 bits per heavy atom. The number of nitrogens with one attached hydrogen (secondary N) is 1. The largest absolute Gasteiger partial charge is 0.482 e. The van der Waals surface area contributed by atoms with Crippen molar-refractivity contribution in [2.45, 2.75) is 33.7 Å². The van der Waals surface area contributed by atoms with Gasteiger partial charge in [0.1, 0.15) is 5.75 Å². The molecule has 0 atom stereocenters. The Kier molecular flexibility index (Phi) is 8.38. The molecule has 1 aromatic carbocycles. The lowest BCUT2D eigenvalue weighted by atomic mass is 10.2. The molecule has 0 saturated carbocycles. The fourth-order valence-electron chi connectivity index (χ4n) is 2.06. The van der Waals surface area contributed by atoms with Gasteiger partial charge in [0.25, 0.3) is 5.91 Å². The van der Waals surface area contributed by atoms with Crippen molar-refractivity contribution in [3.63, 3.8) is 0 Å². The fourth-order valence-corrected chi connectivity index (χ4v) is 2.58. The summed E-state index contributed by atoms with van der Waals surface area (Å²) < 4.78 is 6.65. The lowest BCUT2D eigenvalue weighted by molar-refractivity contribution is -0.133. The van der Waals surface area contributed by atoms with Gasteiger partial charge < -0.3 is 15.0 Å². The molecule has 1 amide bonds. The summed E-state index contributed by atoms with van der Waals surface area (Å²) in [5, 5.41) is 3.36. The van der Waals surface area contributed by atoms with Gasteiger partial charge in [-0.3, -0.25) is 4.79 Å². The molecule has 0 saturated heterocycles. The van der Waals surface area contributed by atoms with Crippen molar-refractivity contribution >= 4 is 21.8 Å². The summed E-state index contributed by atoms with van der Waals surface area (Å²) in [6.45, 7) is 9.27. The van der Waals surface area contributed by atoms with E-state index in [1.54, 1.807) is 4.90 Å². The van der Waals surface area contributed by atoms with E-state index in [4.69, 9.17) is 4.74 Å². The van der Waals surface area contributed by atoms with E-state index in [-0.39, 0.29) is 12.5 Å². The van der Waals surface area contributed by atoms with Crippen LogP contribution in [-0.2, 0) is 11.3 Å². The molecule has 0 spiro atoms. The third kappa shape index (κ3) is 5.67. The fraction of sp³-hybridized carbons (Fsp3) is 0.562. The summed E-state index contributed by atoms with van der Waals surface area (Å²) in [7, 11) is 0. The van der Waals surface area contributed by atoms with Crippen molar-refractivity contribution in [1.29, 1.82) is 0 Å². The lowest BCUT2D eigenvalue weighted by Crippen LogP contribution is -2.34. The quantitative estimate of drug-likeness (QED) is 0.690. The van der Waals surface area contributed by atoms with Crippen LogP contribution >= 0.6 is 15.9 Å². The number of amides is 1. The molecule has 1 rings (SSSR count). The number of likely N-dealkylation sites (N-methyl/N-ethyl adjacent to an activating group) is 1. The number of rotatable bonds is 9. The molecule has 0 aliphatic carbocycles. The molecule has 1 aromatic rings. The van der Waals surface area contributed by atoms with Crippen molar-refractivity contribution in [3.05, 3.63) is 28.2 Å². The molecule has 0 heterocycles. The van der Waals surface area contributed by atoms with Crippen LogP contribution in [0.3, 0.4) is 0 Å². The molecule has 0 aliphatic heterocycles. The van der Waals surface area contributed by atoms with Crippen molar-refractivity contribution in [1.82, 2.24) is 10.2 Å². The normalized spacial score (nSPS) is 10.5. The Bertz CT molecular complexity index is 448. The van der Waals surface area contributed by atoms with Crippen molar-refractivity contribution in [2.75, 3.05) is 26.2 Å². The van der Waals surface area contributed by atoms with E-state index in [0.717, 1.165) is 35.3 Å². The summed E-state index contributed by atoms with van der Waals surface area (Å²) in [4.78, 5) is 13.8. The highest BCUT2D eigenvalue weighted by molar-refractivity contribution is 9.10. The van der Waals surface area contributed by atoms with Crippen molar-refractivity contribution in [2.24, 2.45) is 0 Å². The molecule has 0 unspecified atom stereocenters. The van der Waals surface area contributed by atoms with Crippen LogP contribution < -0.4 is 10.1 Å². The van der Waals surface area contributed by atoms with Gasteiger partial charge in [-0.1, -0.05) is 19.1 Å². The van der Waals surface area contributed by atoms with Crippen LogP contribution in [-0.4, -0.2) is 37.0 Å². The highest BCUT2D eigenvalue weighted by atomic mass is 79.9. The van der Waals surface area contributed by atoms with Crippen LogP contribution in [0.25, 0.3) is 0 Å². The van der Waals surface area contributed by atoms with Crippen LogP contribution in [0.5, 0.6) is 5.75 Å². The zero-order valence-corrected chi connectivity index (χ0v) is 14.7. The topological polar surface area (TPSA) is 41.6 Å². The molecule has 5 heteroatoms. The van der Waals surface area contributed by atoms with Gasteiger partial charge in [0.15, 0.2) is 6.61 Å². The predicted octanol–water partition coefficient (Wildman–Crippen LogP) is 3.20. The van der Waals surface area contributed by atoms with E-state index in [1.807, 2.05) is 32.0 Å². The van der Waals surface area contributed by atoms with Gasteiger partial charge >= 0.3 is 0 Å². The number of benzene rings is 1. The molecule has 0 bridgehead atoms. The van der Waals surface area contributed by atoms with E-state index in [1.165, 1.54) is 0 Å². The standard InChI is InChI=1S/C16H25BrN2O2/c1-4-10-18-11-13-8-7-9-14(17)16(13)21-12-15(20)19(5-2)6-3/h7-9,18H,4-6,10-12H2,1-3H3. The minimum absolute atomic E-state index is 0.0169. The van der Waals surface area contributed by atoms with Crippen LogP contribution in [0.2, 0.25) is 0 Å². The molecule has 21 heavy (non-hydrogen) atoms. The number of carbonyl (C=O) groups is 1. The predicted molar refractivity (Wildman–Crippen MR) is 89.6 cm³/mol. The molecule has 118 valence electrons. The second kappa shape index (κ2) is 9.79. The highest BCUT2D eigenvalue weighted by Crippen LogP contribution is 2.29. The first kappa shape index (κ1) is 18.0. The average Bonchev–Trinajstić information content (AvgIpc) is 2.48. The van der Waals surface area contributed by atoms with Crippen molar-refractivity contribution in [3.8, 4) is 5.75 Å². The molecule has 1 N–H and O–H groups in total. The van der Waals surface area contributed by atoms with E-state index >= 15 is 0 Å². The minimum atomic E-state index is 0.0169. The molecular formula is C16H25BrN2O2. The van der Waals surface area contributed by atoms with E-state index in [9.17, 15) is 4.79 Å². The van der Waals surface area contributed by atoms with Gasteiger partial charge in [0.2, 0.25) is 0 Å².